The molecule has 0 radical (unpaired) electrons. The van der Waals surface area contributed by atoms with Gasteiger partial charge in [-0.2, -0.15) is 0 Å². The van der Waals surface area contributed by atoms with Gasteiger partial charge < -0.3 is 9.84 Å². The Morgan fingerprint density at radius 3 is 2.15 bits per heavy atom. The molecule has 1 aromatic heterocycles. The van der Waals surface area contributed by atoms with Crippen LogP contribution in [0.5, 0.6) is 11.5 Å². The predicted molar refractivity (Wildman–Crippen MR) is 104 cm³/mol. The molecule has 0 saturated heterocycles. The molecule has 4 aromatic rings. The smallest absolute Gasteiger partial charge is 0.163 e. The summed E-state index contributed by atoms with van der Waals surface area (Å²) in [6.45, 7) is 0. The highest BCUT2D eigenvalue weighted by Crippen LogP contribution is 2.38. The normalized spacial score (nSPS) is 10.6. The lowest BCUT2D eigenvalue weighted by molar-refractivity contribution is 0.415. The molecule has 0 aliphatic rings. The Morgan fingerprint density at radius 1 is 0.741 bits per heavy atom. The highest BCUT2D eigenvalue weighted by Gasteiger charge is 2.14. The number of ether oxygens (including phenoxy) is 1. The van der Waals surface area contributed by atoms with Gasteiger partial charge in [0.25, 0.3) is 0 Å². The molecule has 4 rings (SSSR count). The number of hydrogen-bond donors (Lipinski definition) is 1. The van der Waals surface area contributed by atoms with E-state index in [1.807, 2.05) is 54.6 Å². The Labute approximate surface area is 157 Å². The van der Waals surface area contributed by atoms with E-state index in [2.05, 4.69) is 15.0 Å². The van der Waals surface area contributed by atoms with E-state index in [-0.39, 0.29) is 5.75 Å². The Balaban J connectivity index is 1.90. The maximum Gasteiger partial charge on any atom is 0.163 e. The number of rotatable bonds is 4. The molecule has 0 unspecified atom stereocenters. The van der Waals surface area contributed by atoms with Crippen molar-refractivity contribution in [3.8, 4) is 45.1 Å². The summed E-state index contributed by atoms with van der Waals surface area (Å²) in [6, 6.07) is 21.1. The van der Waals surface area contributed by atoms with E-state index in [0.717, 1.165) is 33.6 Å². The second-order valence-electron chi connectivity index (χ2n) is 5.97. The lowest BCUT2D eigenvalue weighted by Crippen LogP contribution is -1.93. The van der Waals surface area contributed by atoms with Crippen molar-refractivity contribution in [2.24, 2.45) is 0 Å². The van der Waals surface area contributed by atoms with Crippen LogP contribution in [-0.2, 0) is 0 Å². The highest BCUT2D eigenvalue weighted by atomic mass is 16.5. The van der Waals surface area contributed by atoms with Gasteiger partial charge in [-0.05, 0) is 47.0 Å². The zero-order valence-electron chi connectivity index (χ0n) is 14.7. The molecular weight excluding hydrogens is 338 g/mol. The summed E-state index contributed by atoms with van der Waals surface area (Å²) in [5.74, 6) is 1.57. The monoisotopic (exact) mass is 355 g/mol. The Kier molecular flexibility index (Phi) is 4.49. The molecule has 0 amide bonds. The summed E-state index contributed by atoms with van der Waals surface area (Å²) in [5, 5.41) is 10.4. The van der Waals surface area contributed by atoms with Gasteiger partial charge in [0.2, 0.25) is 0 Å². The van der Waals surface area contributed by atoms with Gasteiger partial charge in [0.05, 0.1) is 7.11 Å². The first-order valence-electron chi connectivity index (χ1n) is 8.45. The number of aromatic hydroxyl groups is 1. The summed E-state index contributed by atoms with van der Waals surface area (Å²) in [7, 11) is 1.65. The molecule has 1 N–H and O–H groups in total. The summed E-state index contributed by atoms with van der Waals surface area (Å²) in [5.41, 5.74) is 4.48. The molecule has 0 aliphatic carbocycles. The van der Waals surface area contributed by atoms with E-state index in [9.17, 15) is 5.11 Å². The molecule has 0 saturated carbocycles. The number of para-hydroxylation sites is 1. The molecule has 5 heteroatoms. The molecule has 1 heterocycles. The maximum absolute atomic E-state index is 10.4. The average molecular weight is 355 g/mol. The summed E-state index contributed by atoms with van der Waals surface area (Å²) < 4.78 is 5.24. The van der Waals surface area contributed by atoms with Crippen LogP contribution < -0.4 is 4.74 Å². The van der Waals surface area contributed by atoms with E-state index in [1.165, 1.54) is 12.7 Å². The van der Waals surface area contributed by atoms with Crippen molar-refractivity contribution >= 4 is 0 Å². The van der Waals surface area contributed by atoms with Gasteiger partial charge in [-0.3, -0.25) is 0 Å². The van der Waals surface area contributed by atoms with Gasteiger partial charge in [-0.1, -0.05) is 36.4 Å². The molecule has 0 atom stereocenters. The number of methoxy groups -OCH3 is 1. The number of aromatic nitrogens is 3. The Morgan fingerprint density at radius 2 is 1.44 bits per heavy atom. The first-order chi connectivity index (χ1) is 13.3. The fourth-order valence-electron chi connectivity index (χ4n) is 3.00. The van der Waals surface area contributed by atoms with Crippen molar-refractivity contribution in [2.45, 2.75) is 0 Å². The quantitative estimate of drug-likeness (QED) is 0.580. The van der Waals surface area contributed by atoms with Crippen LogP contribution in [0.4, 0.5) is 0 Å². The Hall–Kier alpha value is -3.73. The number of phenolic OH excluding ortho intramolecular Hbond substituents is 1. The average Bonchev–Trinajstić information content (AvgIpc) is 2.74. The number of nitrogens with zero attached hydrogens (tertiary/aromatic N) is 3. The molecule has 5 nitrogen and oxygen atoms in total. The first kappa shape index (κ1) is 16.7. The van der Waals surface area contributed by atoms with Crippen molar-refractivity contribution in [1.29, 1.82) is 0 Å². The summed E-state index contributed by atoms with van der Waals surface area (Å²) in [6.07, 6.45) is 2.93. The highest BCUT2D eigenvalue weighted by molar-refractivity contribution is 5.87. The lowest BCUT2D eigenvalue weighted by atomic mass is 9.93. The van der Waals surface area contributed by atoms with E-state index >= 15 is 0 Å². The zero-order chi connectivity index (χ0) is 18.6. The van der Waals surface area contributed by atoms with Crippen LogP contribution in [0.1, 0.15) is 0 Å². The second kappa shape index (κ2) is 7.25. The summed E-state index contributed by atoms with van der Waals surface area (Å²) in [4.78, 5) is 12.4. The first-order valence-corrected chi connectivity index (χ1v) is 8.45. The predicted octanol–water partition coefficient (Wildman–Crippen LogP) is 4.59. The van der Waals surface area contributed by atoms with Gasteiger partial charge in [-0.15, -0.1) is 0 Å². The van der Waals surface area contributed by atoms with Crippen LogP contribution in [0, 0.1) is 0 Å². The zero-order valence-corrected chi connectivity index (χ0v) is 14.7. The molecule has 0 aliphatic heterocycles. The molecule has 27 heavy (non-hydrogen) atoms. The van der Waals surface area contributed by atoms with Crippen LogP contribution in [0.25, 0.3) is 33.6 Å². The minimum atomic E-state index is 0.208. The minimum absolute atomic E-state index is 0.208. The molecular formula is C22H17N3O2. The van der Waals surface area contributed by atoms with Crippen LogP contribution in [-0.4, -0.2) is 27.2 Å². The van der Waals surface area contributed by atoms with Crippen molar-refractivity contribution < 1.29 is 9.84 Å². The topological polar surface area (TPSA) is 68.1 Å². The largest absolute Gasteiger partial charge is 0.507 e. The standard InChI is InChI=1S/C22H17N3O2/c1-27-17-9-6-15(7-10-17)16-8-11-19(22-24-13-23-14-25-22)20(12-16)18-4-2-3-5-21(18)26/h2-14,26H,1H3. The maximum atomic E-state index is 10.4. The molecule has 0 spiro atoms. The third-order valence-electron chi connectivity index (χ3n) is 4.37. The van der Waals surface area contributed by atoms with Crippen LogP contribution in [0.15, 0.2) is 79.4 Å². The van der Waals surface area contributed by atoms with Gasteiger partial charge in [0, 0.05) is 11.1 Å². The minimum Gasteiger partial charge on any atom is -0.507 e. The van der Waals surface area contributed by atoms with Crippen LogP contribution in [0.2, 0.25) is 0 Å². The van der Waals surface area contributed by atoms with Crippen molar-refractivity contribution in [1.82, 2.24) is 15.0 Å². The van der Waals surface area contributed by atoms with Crippen LogP contribution in [0.3, 0.4) is 0 Å². The molecule has 132 valence electrons. The molecule has 0 bridgehead atoms. The van der Waals surface area contributed by atoms with E-state index in [1.54, 1.807) is 19.2 Å². The number of hydrogen-bond acceptors (Lipinski definition) is 5. The third kappa shape index (κ3) is 3.35. The van der Waals surface area contributed by atoms with Crippen molar-refractivity contribution in [3.63, 3.8) is 0 Å². The van der Waals surface area contributed by atoms with Crippen molar-refractivity contribution in [3.05, 3.63) is 79.4 Å². The summed E-state index contributed by atoms with van der Waals surface area (Å²) >= 11 is 0. The molecule has 3 aromatic carbocycles. The lowest BCUT2D eigenvalue weighted by Gasteiger charge is -2.13. The van der Waals surface area contributed by atoms with Gasteiger partial charge >= 0.3 is 0 Å². The SMILES string of the molecule is COc1ccc(-c2ccc(-c3ncncn3)c(-c3ccccc3O)c2)cc1. The fourth-order valence-corrected chi connectivity index (χ4v) is 3.00. The second-order valence-corrected chi connectivity index (χ2v) is 5.97. The fraction of sp³-hybridized carbons (Fsp3) is 0.0455. The third-order valence-corrected chi connectivity index (χ3v) is 4.37. The van der Waals surface area contributed by atoms with Crippen LogP contribution >= 0.6 is 0 Å². The van der Waals surface area contributed by atoms with Gasteiger partial charge in [0.1, 0.15) is 24.2 Å². The Bertz CT molecular complexity index is 1060. The van der Waals surface area contributed by atoms with E-state index in [4.69, 9.17) is 4.74 Å². The molecule has 0 fully saturated rings. The number of benzene rings is 3. The van der Waals surface area contributed by atoms with E-state index < -0.39 is 0 Å². The number of phenols is 1. The van der Waals surface area contributed by atoms with Gasteiger partial charge in [0.15, 0.2) is 5.82 Å². The van der Waals surface area contributed by atoms with Gasteiger partial charge in [-0.25, -0.2) is 15.0 Å². The van der Waals surface area contributed by atoms with Crippen molar-refractivity contribution in [2.75, 3.05) is 7.11 Å². The van der Waals surface area contributed by atoms with E-state index in [0.29, 0.717) is 5.82 Å².